The van der Waals surface area contributed by atoms with Gasteiger partial charge in [-0.15, -0.1) is 11.8 Å². The fraction of sp³-hybridized carbons (Fsp3) is 0.312. The van der Waals surface area contributed by atoms with E-state index in [0.29, 0.717) is 6.04 Å². The maximum absolute atomic E-state index is 4.44. The van der Waals surface area contributed by atoms with Crippen LogP contribution in [0.1, 0.15) is 11.3 Å². The summed E-state index contributed by atoms with van der Waals surface area (Å²) >= 11 is 5.30. The zero-order valence-electron chi connectivity index (χ0n) is 11.8. The zero-order valence-corrected chi connectivity index (χ0v) is 14.2. The molecule has 1 aromatic carbocycles. The number of pyridine rings is 1. The van der Waals surface area contributed by atoms with Gasteiger partial charge < -0.3 is 5.32 Å². The summed E-state index contributed by atoms with van der Waals surface area (Å²) in [5.74, 6) is 1.04. The van der Waals surface area contributed by atoms with Crippen molar-refractivity contribution in [3.05, 3.63) is 58.3 Å². The van der Waals surface area contributed by atoms with Crippen LogP contribution in [0.2, 0.25) is 0 Å². The highest BCUT2D eigenvalue weighted by Crippen LogP contribution is 2.20. The standard InChI is InChI=1S/C16H19BrN2S/c1-12-3-7-16(8-4-12)20-11-15(18-2)9-14-6-5-13(17)10-19-14/h3-8,10,15,18H,9,11H2,1-2H3. The first-order valence-corrected chi connectivity index (χ1v) is 8.42. The number of hydrogen-bond donors (Lipinski definition) is 1. The van der Waals surface area contributed by atoms with Gasteiger partial charge in [-0.2, -0.15) is 0 Å². The van der Waals surface area contributed by atoms with Gasteiger partial charge in [0.2, 0.25) is 0 Å². The van der Waals surface area contributed by atoms with Crippen molar-refractivity contribution in [1.29, 1.82) is 0 Å². The molecule has 0 amide bonds. The Morgan fingerprint density at radius 1 is 1.20 bits per heavy atom. The number of aromatic nitrogens is 1. The van der Waals surface area contributed by atoms with Crippen LogP contribution in [0.4, 0.5) is 0 Å². The molecule has 0 aliphatic rings. The molecule has 0 aliphatic heterocycles. The molecule has 2 rings (SSSR count). The van der Waals surface area contributed by atoms with Crippen molar-refractivity contribution >= 4 is 27.7 Å². The molecule has 1 unspecified atom stereocenters. The van der Waals surface area contributed by atoms with E-state index >= 15 is 0 Å². The topological polar surface area (TPSA) is 24.9 Å². The highest BCUT2D eigenvalue weighted by Gasteiger charge is 2.09. The number of likely N-dealkylation sites (N-methyl/N-ethyl adjacent to an activating group) is 1. The molecule has 1 heterocycles. The van der Waals surface area contributed by atoms with Gasteiger partial charge >= 0.3 is 0 Å². The summed E-state index contributed by atoms with van der Waals surface area (Å²) in [6.45, 7) is 2.12. The minimum atomic E-state index is 0.426. The molecule has 0 radical (unpaired) electrons. The van der Waals surface area contributed by atoms with Crippen molar-refractivity contribution < 1.29 is 0 Å². The van der Waals surface area contributed by atoms with Crippen molar-refractivity contribution in [3.63, 3.8) is 0 Å². The van der Waals surface area contributed by atoms with E-state index in [4.69, 9.17) is 0 Å². The summed E-state index contributed by atoms with van der Waals surface area (Å²) in [4.78, 5) is 5.76. The van der Waals surface area contributed by atoms with Gasteiger partial charge in [0.25, 0.3) is 0 Å². The smallest absolute Gasteiger partial charge is 0.0420 e. The zero-order chi connectivity index (χ0) is 14.4. The quantitative estimate of drug-likeness (QED) is 0.794. The summed E-state index contributed by atoms with van der Waals surface area (Å²) in [6, 6.07) is 13.2. The van der Waals surface area contributed by atoms with E-state index in [1.165, 1.54) is 10.5 Å². The number of benzene rings is 1. The number of thioether (sulfide) groups is 1. The van der Waals surface area contributed by atoms with Crippen molar-refractivity contribution in [2.45, 2.75) is 24.3 Å². The van der Waals surface area contributed by atoms with Crippen LogP contribution in [0.25, 0.3) is 0 Å². The number of nitrogens with zero attached hydrogens (tertiary/aromatic N) is 1. The van der Waals surface area contributed by atoms with E-state index in [9.17, 15) is 0 Å². The van der Waals surface area contributed by atoms with Gasteiger partial charge in [0, 0.05) is 39.5 Å². The maximum Gasteiger partial charge on any atom is 0.0420 e. The van der Waals surface area contributed by atoms with Crippen molar-refractivity contribution in [3.8, 4) is 0 Å². The molecule has 0 saturated heterocycles. The predicted molar refractivity (Wildman–Crippen MR) is 90.4 cm³/mol. The van der Waals surface area contributed by atoms with E-state index in [0.717, 1.165) is 22.3 Å². The lowest BCUT2D eigenvalue weighted by molar-refractivity contribution is 0.609. The van der Waals surface area contributed by atoms with E-state index in [1.807, 2.05) is 31.1 Å². The summed E-state index contributed by atoms with van der Waals surface area (Å²) in [5.41, 5.74) is 2.43. The third-order valence-corrected chi connectivity index (χ3v) is 4.77. The average Bonchev–Trinajstić information content (AvgIpc) is 2.47. The SMILES string of the molecule is CNC(CSc1ccc(C)cc1)Cc1ccc(Br)cn1. The number of rotatable bonds is 6. The molecule has 1 aromatic heterocycles. The number of halogens is 1. The number of nitrogens with one attached hydrogen (secondary N) is 1. The fourth-order valence-corrected chi connectivity index (χ4v) is 3.10. The van der Waals surface area contributed by atoms with Crippen molar-refractivity contribution in [2.75, 3.05) is 12.8 Å². The molecular weight excluding hydrogens is 332 g/mol. The lowest BCUT2D eigenvalue weighted by atomic mass is 10.2. The Bertz CT molecular complexity index is 525. The first-order chi connectivity index (χ1) is 9.67. The lowest BCUT2D eigenvalue weighted by Crippen LogP contribution is -2.30. The van der Waals surface area contributed by atoms with Gasteiger partial charge in [0.05, 0.1) is 0 Å². The molecular formula is C16H19BrN2S. The van der Waals surface area contributed by atoms with Crippen molar-refractivity contribution in [2.24, 2.45) is 0 Å². The van der Waals surface area contributed by atoms with Crippen LogP contribution in [-0.2, 0) is 6.42 Å². The minimum Gasteiger partial charge on any atom is -0.316 e. The molecule has 2 nitrogen and oxygen atoms in total. The average molecular weight is 351 g/mol. The molecule has 0 aliphatic carbocycles. The van der Waals surface area contributed by atoms with Crippen LogP contribution in [0.5, 0.6) is 0 Å². The van der Waals surface area contributed by atoms with Crippen LogP contribution < -0.4 is 5.32 Å². The molecule has 1 atom stereocenters. The Morgan fingerprint density at radius 2 is 1.95 bits per heavy atom. The van der Waals surface area contributed by atoms with E-state index < -0.39 is 0 Å². The first-order valence-electron chi connectivity index (χ1n) is 6.64. The molecule has 1 N–H and O–H groups in total. The second kappa shape index (κ2) is 7.81. The Balaban J connectivity index is 1.88. The third kappa shape index (κ3) is 4.93. The molecule has 4 heteroatoms. The summed E-state index contributed by atoms with van der Waals surface area (Å²) < 4.78 is 1.02. The van der Waals surface area contributed by atoms with Crippen LogP contribution >= 0.6 is 27.7 Å². The van der Waals surface area contributed by atoms with Crippen LogP contribution in [-0.4, -0.2) is 23.8 Å². The normalized spacial score (nSPS) is 12.3. The second-order valence-electron chi connectivity index (χ2n) is 4.78. The van der Waals surface area contributed by atoms with E-state index in [2.05, 4.69) is 63.5 Å². The Kier molecular flexibility index (Phi) is 6.07. The predicted octanol–water partition coefficient (Wildman–Crippen LogP) is 4.08. The van der Waals surface area contributed by atoms with Gasteiger partial charge in [-0.1, -0.05) is 17.7 Å². The highest BCUT2D eigenvalue weighted by molar-refractivity contribution is 9.10. The lowest BCUT2D eigenvalue weighted by Gasteiger charge is -2.15. The van der Waals surface area contributed by atoms with Crippen LogP contribution in [0, 0.1) is 6.92 Å². The van der Waals surface area contributed by atoms with Crippen molar-refractivity contribution in [1.82, 2.24) is 10.3 Å². The van der Waals surface area contributed by atoms with Gasteiger partial charge in [0.15, 0.2) is 0 Å². The molecule has 0 saturated carbocycles. The van der Waals surface area contributed by atoms with Gasteiger partial charge in [-0.05, 0) is 54.2 Å². The molecule has 0 spiro atoms. The van der Waals surface area contributed by atoms with E-state index in [-0.39, 0.29) is 0 Å². The van der Waals surface area contributed by atoms with Crippen LogP contribution in [0.15, 0.2) is 52.0 Å². The van der Waals surface area contributed by atoms with Gasteiger partial charge in [-0.3, -0.25) is 4.98 Å². The third-order valence-electron chi connectivity index (χ3n) is 3.12. The number of aryl methyl sites for hydroxylation is 1. The summed E-state index contributed by atoms with van der Waals surface area (Å²) in [7, 11) is 2.01. The molecule has 0 bridgehead atoms. The minimum absolute atomic E-state index is 0.426. The van der Waals surface area contributed by atoms with Gasteiger partial charge in [-0.25, -0.2) is 0 Å². The van der Waals surface area contributed by atoms with Gasteiger partial charge in [0.1, 0.15) is 0 Å². The number of hydrogen-bond acceptors (Lipinski definition) is 3. The Labute approximate surface area is 133 Å². The fourth-order valence-electron chi connectivity index (χ4n) is 1.86. The van der Waals surface area contributed by atoms with E-state index in [1.54, 1.807) is 0 Å². The monoisotopic (exact) mass is 350 g/mol. The Hall–Kier alpha value is -0.840. The molecule has 106 valence electrons. The first kappa shape index (κ1) is 15.5. The molecule has 2 aromatic rings. The largest absolute Gasteiger partial charge is 0.316 e. The summed E-state index contributed by atoms with van der Waals surface area (Å²) in [5, 5.41) is 3.37. The van der Waals surface area contributed by atoms with Crippen LogP contribution in [0.3, 0.4) is 0 Å². The summed E-state index contributed by atoms with van der Waals surface area (Å²) in [6.07, 6.45) is 2.80. The second-order valence-corrected chi connectivity index (χ2v) is 6.79. The maximum atomic E-state index is 4.44. The Morgan fingerprint density at radius 3 is 2.55 bits per heavy atom. The highest BCUT2D eigenvalue weighted by atomic mass is 79.9. The molecule has 0 fully saturated rings. The molecule has 20 heavy (non-hydrogen) atoms.